The molecule has 6 heteroatoms. The van der Waals surface area contributed by atoms with Gasteiger partial charge in [-0.15, -0.1) is 0 Å². The number of halogens is 1. The molecule has 106 valence electrons. The summed E-state index contributed by atoms with van der Waals surface area (Å²) in [5.74, 6) is -0.666. The van der Waals surface area contributed by atoms with Gasteiger partial charge in [0.05, 0.1) is 11.1 Å². The number of carbonyl (C=O) groups is 1. The molecule has 0 aliphatic carbocycles. The van der Waals surface area contributed by atoms with E-state index in [0.29, 0.717) is 5.69 Å². The molecule has 0 spiro atoms. The summed E-state index contributed by atoms with van der Waals surface area (Å²) in [6, 6.07) is 10.1. The monoisotopic (exact) mass is 285 g/mol. The van der Waals surface area contributed by atoms with Crippen LogP contribution < -0.4 is 15.8 Å². The number of nitrogens with zero attached hydrogens (tertiary/aromatic N) is 1. The number of nitrogen functional groups attached to an aromatic ring is 1. The Morgan fingerprint density at radius 2 is 2.10 bits per heavy atom. The van der Waals surface area contributed by atoms with Gasteiger partial charge in [0.2, 0.25) is 0 Å². The van der Waals surface area contributed by atoms with Crippen molar-refractivity contribution in [1.29, 1.82) is 5.26 Å². The lowest BCUT2D eigenvalue weighted by molar-refractivity contribution is 0.0961. The third kappa shape index (κ3) is 3.09. The molecule has 2 rings (SSSR count). The normalized spacial score (nSPS) is 9.76. The maximum atomic E-state index is 13.6. The van der Waals surface area contributed by atoms with Crippen molar-refractivity contribution in [3.05, 3.63) is 53.3 Å². The molecule has 0 bridgehead atoms. The third-order valence-electron chi connectivity index (χ3n) is 2.77. The molecule has 0 saturated carbocycles. The van der Waals surface area contributed by atoms with Crippen LogP contribution in [0, 0.1) is 17.1 Å². The summed E-state index contributed by atoms with van der Waals surface area (Å²) in [4.78, 5) is 11.8. The number of nitrogens with two attached hydrogens (primary N) is 1. The quantitative estimate of drug-likeness (QED) is 0.848. The van der Waals surface area contributed by atoms with E-state index in [0.717, 1.165) is 6.07 Å². The highest BCUT2D eigenvalue weighted by atomic mass is 19.1. The Hall–Kier alpha value is -3.07. The Bertz CT molecular complexity index is 738. The van der Waals surface area contributed by atoms with E-state index in [1.807, 2.05) is 0 Å². The van der Waals surface area contributed by atoms with Gasteiger partial charge in [-0.1, -0.05) is 0 Å². The van der Waals surface area contributed by atoms with Crippen LogP contribution in [0.1, 0.15) is 15.9 Å². The van der Waals surface area contributed by atoms with Crippen LogP contribution in [0.3, 0.4) is 0 Å². The number of nitrogens with one attached hydrogen (secondary N) is 1. The predicted octanol–water partition coefficient (Wildman–Crippen LogP) is 2.43. The topological polar surface area (TPSA) is 88.1 Å². The van der Waals surface area contributed by atoms with Gasteiger partial charge in [0.1, 0.15) is 23.4 Å². The highest BCUT2D eigenvalue weighted by Gasteiger charge is 2.13. The number of rotatable bonds is 3. The highest BCUT2D eigenvalue weighted by Crippen LogP contribution is 2.28. The van der Waals surface area contributed by atoms with Gasteiger partial charge < -0.3 is 15.8 Å². The number of hydrogen-bond acceptors (Lipinski definition) is 4. The van der Waals surface area contributed by atoms with Crippen LogP contribution in [-0.2, 0) is 0 Å². The minimum absolute atomic E-state index is 0.0820. The molecular formula is C15H12FN3O2. The van der Waals surface area contributed by atoms with Crippen LogP contribution in [-0.4, -0.2) is 13.0 Å². The Labute approximate surface area is 120 Å². The smallest absolute Gasteiger partial charge is 0.254 e. The Kier molecular flexibility index (Phi) is 4.05. The largest absolute Gasteiger partial charge is 0.456 e. The van der Waals surface area contributed by atoms with E-state index in [-0.39, 0.29) is 28.5 Å². The Morgan fingerprint density at radius 1 is 1.33 bits per heavy atom. The first kappa shape index (κ1) is 14.3. The van der Waals surface area contributed by atoms with E-state index < -0.39 is 5.82 Å². The molecule has 0 atom stereocenters. The lowest BCUT2D eigenvalue weighted by Gasteiger charge is -2.11. The lowest BCUT2D eigenvalue weighted by atomic mass is 10.1. The fraction of sp³-hybridized carbons (Fsp3) is 0.0667. The van der Waals surface area contributed by atoms with Gasteiger partial charge in [0, 0.05) is 24.9 Å². The summed E-state index contributed by atoms with van der Waals surface area (Å²) < 4.78 is 19.1. The number of carbonyl (C=O) groups excluding carboxylic acids is 1. The molecule has 0 aliphatic heterocycles. The molecule has 0 saturated heterocycles. The van der Waals surface area contributed by atoms with Gasteiger partial charge in [0.25, 0.3) is 5.91 Å². The molecule has 0 fully saturated rings. The Morgan fingerprint density at radius 3 is 2.71 bits per heavy atom. The fourth-order valence-electron chi connectivity index (χ4n) is 1.72. The van der Waals surface area contributed by atoms with Gasteiger partial charge in [-0.25, -0.2) is 4.39 Å². The molecule has 0 radical (unpaired) electrons. The zero-order chi connectivity index (χ0) is 15.4. The summed E-state index contributed by atoms with van der Waals surface area (Å²) in [5, 5.41) is 11.2. The van der Waals surface area contributed by atoms with Gasteiger partial charge in [-0.3, -0.25) is 4.79 Å². The van der Waals surface area contributed by atoms with Gasteiger partial charge >= 0.3 is 0 Å². The molecule has 0 aromatic heterocycles. The minimum atomic E-state index is -0.694. The second-order valence-corrected chi connectivity index (χ2v) is 4.19. The molecule has 3 N–H and O–H groups in total. The zero-order valence-electron chi connectivity index (χ0n) is 11.2. The number of hydrogen-bond donors (Lipinski definition) is 2. The van der Waals surface area contributed by atoms with Crippen molar-refractivity contribution in [1.82, 2.24) is 5.32 Å². The highest BCUT2D eigenvalue weighted by molar-refractivity contribution is 5.97. The van der Waals surface area contributed by atoms with Crippen molar-refractivity contribution in [2.75, 3.05) is 12.8 Å². The van der Waals surface area contributed by atoms with Crippen molar-refractivity contribution in [2.45, 2.75) is 0 Å². The molecule has 21 heavy (non-hydrogen) atoms. The van der Waals surface area contributed by atoms with E-state index in [2.05, 4.69) is 5.32 Å². The van der Waals surface area contributed by atoms with Crippen LogP contribution in [0.5, 0.6) is 11.5 Å². The summed E-state index contributed by atoms with van der Waals surface area (Å²) in [5.41, 5.74) is 6.27. The molecule has 0 unspecified atom stereocenters. The van der Waals surface area contributed by atoms with E-state index in [4.69, 9.17) is 15.7 Å². The van der Waals surface area contributed by atoms with Crippen molar-refractivity contribution in [2.24, 2.45) is 0 Å². The first-order valence-corrected chi connectivity index (χ1v) is 6.04. The molecule has 1 amide bonds. The van der Waals surface area contributed by atoms with E-state index in [1.54, 1.807) is 12.1 Å². The minimum Gasteiger partial charge on any atom is -0.456 e. The summed E-state index contributed by atoms with van der Waals surface area (Å²) >= 11 is 0. The summed E-state index contributed by atoms with van der Waals surface area (Å²) in [7, 11) is 1.49. The number of anilines is 1. The number of ether oxygens (including phenoxy) is 1. The van der Waals surface area contributed by atoms with Crippen LogP contribution in [0.25, 0.3) is 0 Å². The predicted molar refractivity (Wildman–Crippen MR) is 75.4 cm³/mol. The van der Waals surface area contributed by atoms with Crippen molar-refractivity contribution < 1.29 is 13.9 Å². The maximum Gasteiger partial charge on any atom is 0.254 e. The summed E-state index contributed by atoms with van der Waals surface area (Å²) in [6.07, 6.45) is 0. The standard InChI is InChI=1S/C15H12FN3O2/c1-19-15(20)12-5-3-10(18)6-14(12)21-11-4-2-9(8-17)13(16)7-11/h2-7H,18H2,1H3,(H,19,20). The molecule has 0 heterocycles. The van der Waals surface area contributed by atoms with Gasteiger partial charge in [0.15, 0.2) is 0 Å². The average molecular weight is 285 g/mol. The van der Waals surface area contributed by atoms with E-state index in [1.165, 1.54) is 31.3 Å². The second kappa shape index (κ2) is 5.92. The first-order chi connectivity index (χ1) is 10.0. The van der Waals surface area contributed by atoms with Crippen LogP contribution in [0.15, 0.2) is 36.4 Å². The van der Waals surface area contributed by atoms with Crippen LogP contribution >= 0.6 is 0 Å². The Balaban J connectivity index is 2.39. The van der Waals surface area contributed by atoms with Crippen LogP contribution in [0.4, 0.5) is 10.1 Å². The van der Waals surface area contributed by atoms with E-state index in [9.17, 15) is 9.18 Å². The van der Waals surface area contributed by atoms with Crippen molar-refractivity contribution >= 4 is 11.6 Å². The molecule has 2 aromatic rings. The molecule has 0 aliphatic rings. The zero-order valence-corrected chi connectivity index (χ0v) is 11.2. The van der Waals surface area contributed by atoms with Crippen LogP contribution in [0.2, 0.25) is 0 Å². The van der Waals surface area contributed by atoms with Crippen molar-refractivity contribution in [3.63, 3.8) is 0 Å². The fourth-order valence-corrected chi connectivity index (χ4v) is 1.72. The summed E-state index contributed by atoms with van der Waals surface area (Å²) in [6.45, 7) is 0. The number of amides is 1. The number of benzene rings is 2. The van der Waals surface area contributed by atoms with Gasteiger partial charge in [-0.2, -0.15) is 5.26 Å². The average Bonchev–Trinajstić information content (AvgIpc) is 2.47. The second-order valence-electron chi connectivity index (χ2n) is 4.19. The lowest BCUT2D eigenvalue weighted by Crippen LogP contribution is -2.18. The molecular weight excluding hydrogens is 273 g/mol. The first-order valence-electron chi connectivity index (χ1n) is 6.04. The maximum absolute atomic E-state index is 13.6. The van der Waals surface area contributed by atoms with E-state index >= 15 is 0 Å². The SMILES string of the molecule is CNC(=O)c1ccc(N)cc1Oc1ccc(C#N)c(F)c1. The van der Waals surface area contributed by atoms with Gasteiger partial charge in [-0.05, 0) is 24.3 Å². The number of nitriles is 1. The molecule has 2 aromatic carbocycles. The van der Waals surface area contributed by atoms with Crippen molar-refractivity contribution in [3.8, 4) is 17.6 Å². The third-order valence-corrected chi connectivity index (χ3v) is 2.77. The molecule has 5 nitrogen and oxygen atoms in total.